The highest BCUT2D eigenvalue weighted by Gasteiger charge is 2.32. The number of carbonyl (C=O) groups is 1. The van der Waals surface area contributed by atoms with Crippen LogP contribution in [0, 0.1) is 0 Å². The van der Waals surface area contributed by atoms with Gasteiger partial charge in [0.2, 0.25) is 0 Å². The molecule has 2 unspecified atom stereocenters. The summed E-state index contributed by atoms with van der Waals surface area (Å²) in [5.41, 5.74) is 11.6. The van der Waals surface area contributed by atoms with Crippen molar-refractivity contribution in [1.82, 2.24) is 19.4 Å². The molecule has 9 heteroatoms. The first-order valence-electron chi connectivity index (χ1n) is 12.7. The molecule has 1 aliphatic rings. The number of nitrogens with two attached hydrogens (primary N) is 1. The van der Waals surface area contributed by atoms with Crippen LogP contribution in [-0.2, 0) is 12.0 Å². The number of halogens is 2. The fourth-order valence-corrected chi connectivity index (χ4v) is 5.46. The van der Waals surface area contributed by atoms with Gasteiger partial charge < -0.3 is 10.5 Å². The van der Waals surface area contributed by atoms with Crippen LogP contribution in [0.2, 0.25) is 0 Å². The van der Waals surface area contributed by atoms with Crippen molar-refractivity contribution in [3.05, 3.63) is 71.3 Å². The molecule has 4 aromatic rings. The molecule has 7 nitrogen and oxygen atoms in total. The largest absolute Gasteiger partial charge is 0.433 e. The van der Waals surface area contributed by atoms with Crippen molar-refractivity contribution in [2.75, 3.05) is 14.1 Å². The highest BCUT2D eigenvalue weighted by Crippen LogP contribution is 2.38. The number of hydrogen-bond donors (Lipinski definition) is 1. The first kappa shape index (κ1) is 25.9. The van der Waals surface area contributed by atoms with Crippen molar-refractivity contribution in [2.24, 2.45) is 5.73 Å². The average molecular weight is 520 g/mol. The summed E-state index contributed by atoms with van der Waals surface area (Å²) in [6, 6.07) is 12.4. The van der Waals surface area contributed by atoms with Crippen LogP contribution in [0.4, 0.5) is 8.78 Å². The smallest absolute Gasteiger partial charge is 0.387 e. The average Bonchev–Trinajstić information content (AvgIpc) is 3.39. The number of benzene rings is 2. The van der Waals surface area contributed by atoms with Crippen molar-refractivity contribution >= 4 is 17.3 Å². The zero-order valence-electron chi connectivity index (χ0n) is 21.9. The van der Waals surface area contributed by atoms with Gasteiger partial charge in [-0.3, -0.25) is 19.2 Å². The molecule has 0 bridgehead atoms. The van der Waals surface area contributed by atoms with Gasteiger partial charge in [0, 0.05) is 17.3 Å². The van der Waals surface area contributed by atoms with Crippen LogP contribution in [0.1, 0.15) is 60.2 Å². The van der Waals surface area contributed by atoms with Gasteiger partial charge >= 0.3 is 6.61 Å². The number of hydrogen-bond acceptors (Lipinski definition) is 6. The highest BCUT2D eigenvalue weighted by atomic mass is 19.3. The number of aryl methyl sites for hydroxylation is 1. The summed E-state index contributed by atoms with van der Waals surface area (Å²) in [4.78, 5) is 23.8. The molecule has 1 aliphatic carbocycles. The van der Waals surface area contributed by atoms with Gasteiger partial charge in [0.25, 0.3) is 0 Å². The van der Waals surface area contributed by atoms with Gasteiger partial charge in [0.15, 0.2) is 12.0 Å². The van der Waals surface area contributed by atoms with Gasteiger partial charge in [-0.25, -0.2) is 4.98 Å². The van der Waals surface area contributed by atoms with Crippen LogP contribution >= 0.6 is 0 Å². The third-order valence-corrected chi connectivity index (χ3v) is 7.34. The Kier molecular flexibility index (Phi) is 6.75. The third kappa shape index (κ3) is 4.46. The van der Waals surface area contributed by atoms with Crippen molar-refractivity contribution in [2.45, 2.75) is 51.3 Å². The van der Waals surface area contributed by atoms with Crippen LogP contribution in [0.25, 0.3) is 27.8 Å². The molecular formula is C29H31F2N5O2. The predicted molar refractivity (Wildman–Crippen MR) is 143 cm³/mol. The second-order valence-corrected chi connectivity index (χ2v) is 10.2. The highest BCUT2D eigenvalue weighted by molar-refractivity contribution is 5.89. The van der Waals surface area contributed by atoms with Crippen LogP contribution < -0.4 is 10.5 Å². The minimum Gasteiger partial charge on any atom is -0.433 e. The molecule has 0 saturated carbocycles. The Bertz CT molecular complexity index is 1510. The number of alkyl halides is 2. The fourth-order valence-electron chi connectivity index (χ4n) is 5.46. The van der Waals surface area contributed by atoms with E-state index < -0.39 is 12.2 Å². The predicted octanol–water partition coefficient (Wildman–Crippen LogP) is 5.63. The zero-order chi connectivity index (χ0) is 27.2. The van der Waals surface area contributed by atoms with Gasteiger partial charge in [-0.2, -0.15) is 8.78 Å². The molecular weight excluding hydrogens is 488 g/mol. The summed E-state index contributed by atoms with van der Waals surface area (Å²) in [6.07, 6.45) is 4.88. The maximum Gasteiger partial charge on any atom is 0.387 e. The van der Waals surface area contributed by atoms with Crippen LogP contribution in [-0.4, -0.2) is 46.4 Å². The van der Waals surface area contributed by atoms with Crippen LogP contribution in [0.15, 0.2) is 48.7 Å². The second-order valence-electron chi connectivity index (χ2n) is 10.2. The fraction of sp³-hybridized carbons (Fsp3) is 0.345. The van der Waals surface area contributed by atoms with Crippen molar-refractivity contribution < 1.29 is 18.3 Å². The lowest BCUT2D eigenvalue weighted by Crippen LogP contribution is -2.30. The van der Waals surface area contributed by atoms with Crippen LogP contribution in [0.3, 0.4) is 0 Å². The lowest BCUT2D eigenvalue weighted by Gasteiger charge is -2.25. The summed E-state index contributed by atoms with van der Waals surface area (Å²) in [5, 5.41) is 0. The summed E-state index contributed by atoms with van der Waals surface area (Å²) < 4.78 is 33.6. The molecule has 2 aromatic heterocycles. The van der Waals surface area contributed by atoms with Crippen LogP contribution in [0.5, 0.6) is 5.75 Å². The van der Waals surface area contributed by atoms with E-state index in [4.69, 9.17) is 15.5 Å². The van der Waals surface area contributed by atoms with E-state index in [1.165, 1.54) is 12.1 Å². The first-order valence-corrected chi connectivity index (χ1v) is 12.7. The number of pyridine rings is 1. The van der Waals surface area contributed by atoms with E-state index in [1.54, 1.807) is 10.6 Å². The molecule has 0 fully saturated rings. The van der Waals surface area contributed by atoms with Gasteiger partial charge in [-0.15, -0.1) is 0 Å². The van der Waals surface area contributed by atoms with E-state index in [1.807, 2.05) is 57.2 Å². The number of aromatic nitrogens is 3. The van der Waals surface area contributed by atoms with E-state index in [0.29, 0.717) is 29.6 Å². The van der Waals surface area contributed by atoms with Crippen molar-refractivity contribution in [3.63, 3.8) is 0 Å². The molecule has 38 heavy (non-hydrogen) atoms. The van der Waals surface area contributed by atoms with Gasteiger partial charge in [0.05, 0.1) is 28.3 Å². The monoisotopic (exact) mass is 519 g/mol. The Morgan fingerprint density at radius 3 is 2.68 bits per heavy atom. The lowest BCUT2D eigenvalue weighted by molar-refractivity contribution is -0.0498. The van der Waals surface area contributed by atoms with E-state index in [2.05, 4.69) is 11.1 Å². The maximum atomic E-state index is 13.4. The summed E-state index contributed by atoms with van der Waals surface area (Å²) >= 11 is 0. The van der Waals surface area contributed by atoms with Gasteiger partial charge in [0.1, 0.15) is 11.5 Å². The summed E-state index contributed by atoms with van der Waals surface area (Å²) in [7, 11) is 3.87. The second kappa shape index (κ2) is 9.89. The molecule has 0 radical (unpaired) electrons. The van der Waals surface area contributed by atoms with E-state index >= 15 is 0 Å². The molecule has 2 N–H and O–H groups in total. The van der Waals surface area contributed by atoms with Crippen molar-refractivity contribution in [1.29, 1.82) is 0 Å². The maximum absolute atomic E-state index is 13.4. The van der Waals surface area contributed by atoms with E-state index in [9.17, 15) is 13.6 Å². The SMILES string of the molecule is CCC(c1nc2ccc(-c3cnc4c(c3)CCC4(C)N)cc2n1-c1c(C=O)cccc1OC(F)F)N(C)C. The summed E-state index contributed by atoms with van der Waals surface area (Å²) in [6.45, 7) is 0.977. The molecule has 2 heterocycles. The number of rotatable bonds is 8. The number of imidazole rings is 1. The number of carbonyl (C=O) groups excluding carboxylic acids is 1. The Hall–Kier alpha value is -3.69. The van der Waals surface area contributed by atoms with E-state index in [-0.39, 0.29) is 23.0 Å². The topological polar surface area (TPSA) is 86.3 Å². The lowest BCUT2D eigenvalue weighted by atomic mass is 9.99. The number of para-hydroxylation sites is 1. The number of aldehydes is 1. The van der Waals surface area contributed by atoms with Gasteiger partial charge in [-0.05, 0) is 81.7 Å². The molecule has 0 amide bonds. The first-order chi connectivity index (χ1) is 18.1. The minimum atomic E-state index is -3.05. The molecule has 0 aliphatic heterocycles. The van der Waals surface area contributed by atoms with Crippen molar-refractivity contribution in [3.8, 4) is 22.6 Å². The van der Waals surface area contributed by atoms with E-state index in [0.717, 1.165) is 35.2 Å². The summed E-state index contributed by atoms with van der Waals surface area (Å²) in [5.74, 6) is 0.537. The number of ether oxygens (including phenoxy) is 1. The molecule has 2 atom stereocenters. The quantitative estimate of drug-likeness (QED) is 0.304. The standard InChI is InChI=1S/C29H31F2N5O2/c1-5-22(35(3)4)27-34-21-10-9-17(20-13-18-11-12-29(2,32)26(18)33-15-20)14-23(21)36(27)25-19(16-37)7-6-8-24(25)38-28(30)31/h6-10,13-16,22,28H,5,11-12,32H2,1-4H3. The Morgan fingerprint density at radius 1 is 1.21 bits per heavy atom. The molecule has 198 valence electrons. The van der Waals surface area contributed by atoms with Gasteiger partial charge in [-0.1, -0.05) is 19.1 Å². The molecule has 0 saturated heterocycles. The normalized spacial score (nSPS) is 17.8. The third-order valence-electron chi connectivity index (χ3n) is 7.34. The number of nitrogens with zero attached hydrogens (tertiary/aromatic N) is 4. The zero-order valence-corrected chi connectivity index (χ0v) is 21.9. The molecule has 5 rings (SSSR count). The molecule has 2 aromatic carbocycles. The minimum absolute atomic E-state index is 0.0920. The Labute approximate surface area is 220 Å². The number of fused-ring (bicyclic) bond motifs is 2. The Balaban J connectivity index is 1.77. The Morgan fingerprint density at radius 2 is 2.00 bits per heavy atom. The molecule has 0 spiro atoms.